The van der Waals surface area contributed by atoms with Gasteiger partial charge in [-0.1, -0.05) is 11.3 Å². The summed E-state index contributed by atoms with van der Waals surface area (Å²) in [6.07, 6.45) is 5.65. The first-order chi connectivity index (χ1) is 15.2. The molecule has 0 bridgehead atoms. The van der Waals surface area contributed by atoms with Crippen LogP contribution in [0.4, 0.5) is 0 Å². The van der Waals surface area contributed by atoms with Gasteiger partial charge >= 0.3 is 0 Å². The minimum atomic E-state index is 0.0719. The zero-order valence-corrected chi connectivity index (χ0v) is 18.0. The van der Waals surface area contributed by atoms with Gasteiger partial charge in [-0.25, -0.2) is 4.98 Å². The van der Waals surface area contributed by atoms with Gasteiger partial charge < -0.3 is 18.9 Å². The molecule has 158 valence electrons. The summed E-state index contributed by atoms with van der Waals surface area (Å²) in [5.74, 6) is 0.889. The Morgan fingerprint density at radius 3 is 2.52 bits per heavy atom. The van der Waals surface area contributed by atoms with Crippen LogP contribution in [0.1, 0.15) is 23.2 Å². The van der Waals surface area contributed by atoms with Gasteiger partial charge in [-0.05, 0) is 54.6 Å². The maximum absolute atomic E-state index is 12.9. The number of nitrogens with zero attached hydrogens (tertiary/aromatic N) is 3. The third-order valence-corrected chi connectivity index (χ3v) is 6.50. The quantitative estimate of drug-likeness (QED) is 0.455. The number of rotatable bonds is 5. The lowest BCUT2D eigenvalue weighted by Gasteiger charge is -2.31. The van der Waals surface area contributed by atoms with Crippen molar-refractivity contribution in [2.75, 3.05) is 20.2 Å². The maximum Gasteiger partial charge on any atom is 0.274 e. The standard InChI is InChI=1S/C24H23N3O3S/c1-29-20-8-9-21-22(16-20)31-24(25-21)30-19-10-14-27(15-11-19)23(28)17-4-6-18(7-5-17)26-12-2-3-13-26/h2-9,12-13,16,19H,10-11,14-15H2,1H3. The second kappa shape index (κ2) is 8.43. The van der Waals surface area contributed by atoms with E-state index in [0.717, 1.165) is 40.1 Å². The van der Waals surface area contributed by atoms with Crippen molar-refractivity contribution in [3.05, 3.63) is 72.6 Å². The molecule has 1 aliphatic heterocycles. The average molecular weight is 434 g/mol. The Kier molecular flexibility index (Phi) is 5.34. The van der Waals surface area contributed by atoms with Crippen LogP contribution >= 0.6 is 11.3 Å². The molecule has 5 rings (SSSR count). The molecule has 0 saturated carbocycles. The highest BCUT2D eigenvalue weighted by molar-refractivity contribution is 7.20. The third kappa shape index (κ3) is 4.14. The number of carbonyl (C=O) groups excluding carboxylic acids is 1. The summed E-state index contributed by atoms with van der Waals surface area (Å²) in [6.45, 7) is 1.36. The summed E-state index contributed by atoms with van der Waals surface area (Å²) in [6, 6.07) is 17.5. The number of hydrogen-bond donors (Lipinski definition) is 0. The lowest BCUT2D eigenvalue weighted by Crippen LogP contribution is -2.41. The Balaban J connectivity index is 1.19. The van der Waals surface area contributed by atoms with Crippen LogP contribution in [-0.4, -0.2) is 46.7 Å². The van der Waals surface area contributed by atoms with E-state index in [4.69, 9.17) is 9.47 Å². The van der Waals surface area contributed by atoms with E-state index in [2.05, 4.69) is 4.98 Å². The smallest absolute Gasteiger partial charge is 0.274 e. The second-order valence-electron chi connectivity index (χ2n) is 7.56. The normalized spacial score (nSPS) is 14.7. The molecule has 2 aromatic heterocycles. The van der Waals surface area contributed by atoms with Gasteiger partial charge in [-0.2, -0.15) is 0 Å². The third-order valence-electron chi connectivity index (χ3n) is 5.59. The molecule has 1 saturated heterocycles. The molecule has 0 radical (unpaired) electrons. The Hall–Kier alpha value is -3.32. The SMILES string of the molecule is COc1ccc2nc(OC3CCN(C(=O)c4ccc(-n5cccc5)cc4)CC3)sc2c1. The highest BCUT2D eigenvalue weighted by atomic mass is 32.1. The first-order valence-electron chi connectivity index (χ1n) is 10.3. The summed E-state index contributed by atoms with van der Waals surface area (Å²) in [5.41, 5.74) is 2.68. The van der Waals surface area contributed by atoms with Crippen molar-refractivity contribution >= 4 is 27.5 Å². The lowest BCUT2D eigenvalue weighted by molar-refractivity contribution is 0.0595. The molecule has 2 aromatic carbocycles. The topological polar surface area (TPSA) is 56.6 Å². The summed E-state index contributed by atoms with van der Waals surface area (Å²) in [5, 5.41) is 0.675. The minimum Gasteiger partial charge on any atom is -0.497 e. The summed E-state index contributed by atoms with van der Waals surface area (Å²) in [4.78, 5) is 19.4. The molecule has 4 aromatic rings. The Bertz CT molecular complexity index is 1180. The molecule has 0 N–H and O–H groups in total. The number of carbonyl (C=O) groups is 1. The number of fused-ring (bicyclic) bond motifs is 1. The highest BCUT2D eigenvalue weighted by Crippen LogP contribution is 2.32. The second-order valence-corrected chi connectivity index (χ2v) is 8.55. The highest BCUT2D eigenvalue weighted by Gasteiger charge is 2.25. The van der Waals surface area contributed by atoms with Gasteiger partial charge in [0.15, 0.2) is 0 Å². The van der Waals surface area contributed by atoms with Crippen LogP contribution in [0.5, 0.6) is 10.9 Å². The van der Waals surface area contributed by atoms with Crippen molar-refractivity contribution in [3.63, 3.8) is 0 Å². The van der Waals surface area contributed by atoms with Crippen LogP contribution in [0.3, 0.4) is 0 Å². The van der Waals surface area contributed by atoms with E-state index in [1.807, 2.05) is 76.5 Å². The van der Waals surface area contributed by atoms with Gasteiger partial charge in [-0.3, -0.25) is 4.79 Å². The van der Waals surface area contributed by atoms with E-state index in [9.17, 15) is 4.79 Å². The van der Waals surface area contributed by atoms with Crippen molar-refractivity contribution in [1.29, 1.82) is 0 Å². The van der Waals surface area contributed by atoms with Gasteiger partial charge in [0.05, 0.1) is 17.3 Å². The fourth-order valence-corrected chi connectivity index (χ4v) is 4.76. The number of methoxy groups -OCH3 is 1. The van der Waals surface area contributed by atoms with Crippen LogP contribution in [0.25, 0.3) is 15.9 Å². The van der Waals surface area contributed by atoms with E-state index in [1.165, 1.54) is 11.3 Å². The molecule has 31 heavy (non-hydrogen) atoms. The average Bonchev–Trinajstić information content (AvgIpc) is 3.48. The summed E-state index contributed by atoms with van der Waals surface area (Å²) in [7, 11) is 1.66. The van der Waals surface area contributed by atoms with Crippen molar-refractivity contribution in [1.82, 2.24) is 14.5 Å². The van der Waals surface area contributed by atoms with E-state index in [-0.39, 0.29) is 12.0 Å². The van der Waals surface area contributed by atoms with Gasteiger partial charge in [0.1, 0.15) is 11.9 Å². The number of thiazole rings is 1. The number of hydrogen-bond acceptors (Lipinski definition) is 5. The molecule has 0 aliphatic carbocycles. The molecule has 1 aliphatic rings. The van der Waals surface area contributed by atoms with E-state index >= 15 is 0 Å². The fraction of sp³-hybridized carbons (Fsp3) is 0.250. The molecule has 0 atom stereocenters. The zero-order valence-electron chi connectivity index (χ0n) is 17.2. The predicted octanol–water partition coefficient (Wildman–Crippen LogP) is 4.78. The van der Waals surface area contributed by atoms with Crippen LogP contribution in [0.15, 0.2) is 67.0 Å². The molecule has 3 heterocycles. The van der Waals surface area contributed by atoms with Crippen molar-refractivity contribution in [3.8, 4) is 16.6 Å². The fourth-order valence-electron chi connectivity index (χ4n) is 3.85. The number of ether oxygens (including phenoxy) is 2. The van der Waals surface area contributed by atoms with Crippen LogP contribution in [-0.2, 0) is 0 Å². The zero-order chi connectivity index (χ0) is 21.2. The monoisotopic (exact) mass is 433 g/mol. The molecular formula is C24H23N3O3S. The van der Waals surface area contributed by atoms with Gasteiger partial charge in [0.2, 0.25) is 0 Å². The molecule has 6 nitrogen and oxygen atoms in total. The lowest BCUT2D eigenvalue weighted by atomic mass is 10.1. The predicted molar refractivity (Wildman–Crippen MR) is 121 cm³/mol. The Morgan fingerprint density at radius 1 is 1.06 bits per heavy atom. The number of piperidine rings is 1. The Morgan fingerprint density at radius 2 is 1.81 bits per heavy atom. The van der Waals surface area contributed by atoms with Crippen LogP contribution in [0, 0.1) is 0 Å². The molecule has 7 heteroatoms. The molecule has 0 unspecified atom stereocenters. The Labute approximate surface area is 184 Å². The van der Waals surface area contributed by atoms with Gasteiger partial charge in [-0.15, -0.1) is 0 Å². The van der Waals surface area contributed by atoms with Gasteiger partial charge in [0, 0.05) is 49.6 Å². The molecular weight excluding hydrogens is 410 g/mol. The van der Waals surface area contributed by atoms with E-state index < -0.39 is 0 Å². The van der Waals surface area contributed by atoms with Crippen LogP contribution < -0.4 is 9.47 Å². The summed E-state index contributed by atoms with van der Waals surface area (Å²) >= 11 is 1.53. The first-order valence-corrected chi connectivity index (χ1v) is 11.2. The number of aromatic nitrogens is 2. The number of amides is 1. The molecule has 0 spiro atoms. The van der Waals surface area contributed by atoms with E-state index in [0.29, 0.717) is 18.3 Å². The number of likely N-dealkylation sites (tertiary alicyclic amines) is 1. The van der Waals surface area contributed by atoms with Crippen molar-refractivity contribution < 1.29 is 14.3 Å². The largest absolute Gasteiger partial charge is 0.497 e. The van der Waals surface area contributed by atoms with Gasteiger partial charge in [0.25, 0.3) is 11.1 Å². The van der Waals surface area contributed by atoms with Crippen molar-refractivity contribution in [2.24, 2.45) is 0 Å². The summed E-state index contributed by atoms with van der Waals surface area (Å²) < 4.78 is 14.5. The van der Waals surface area contributed by atoms with E-state index in [1.54, 1.807) is 7.11 Å². The molecule has 1 amide bonds. The first kappa shape index (κ1) is 19.6. The number of benzene rings is 2. The van der Waals surface area contributed by atoms with Crippen LogP contribution in [0.2, 0.25) is 0 Å². The van der Waals surface area contributed by atoms with Crippen molar-refractivity contribution in [2.45, 2.75) is 18.9 Å². The maximum atomic E-state index is 12.9. The minimum absolute atomic E-state index is 0.0719. The molecule has 1 fully saturated rings.